The van der Waals surface area contributed by atoms with Crippen LogP contribution in [-0.2, 0) is 24.9 Å². The average molecular weight is 394 g/mol. The summed E-state index contributed by atoms with van der Waals surface area (Å²) < 4.78 is 13.2. The third kappa shape index (κ3) is 6.36. The maximum atomic E-state index is 12.1. The molecule has 2 aromatic carbocycles. The lowest BCUT2D eigenvalue weighted by atomic mass is 10.2. The standard InChI is InChI=1S/C22H26N4O3/c1-3-28-21-11-17(12-23-13-18-14-24-26(2)15-18)9-10-20(21)29-16-22(27)25-19-7-5-4-6-8-19/h4-11,14-15,23H,3,12-13,16H2,1-2H3,(H,25,27). The summed E-state index contributed by atoms with van der Waals surface area (Å²) >= 11 is 0. The van der Waals surface area contributed by atoms with Crippen LogP contribution in [0.5, 0.6) is 11.5 Å². The minimum absolute atomic E-state index is 0.0897. The molecule has 2 N–H and O–H groups in total. The molecule has 0 spiro atoms. The van der Waals surface area contributed by atoms with Gasteiger partial charge in [0.2, 0.25) is 0 Å². The zero-order chi connectivity index (χ0) is 20.5. The number of ether oxygens (including phenoxy) is 2. The van der Waals surface area contributed by atoms with E-state index in [1.54, 1.807) is 4.68 Å². The molecule has 0 atom stereocenters. The van der Waals surface area contributed by atoms with Crippen LogP contribution in [-0.4, -0.2) is 28.9 Å². The second kappa shape index (κ2) is 10.3. The molecule has 0 bridgehead atoms. The lowest BCUT2D eigenvalue weighted by Gasteiger charge is -2.14. The van der Waals surface area contributed by atoms with Gasteiger partial charge in [-0.25, -0.2) is 0 Å². The molecule has 0 aliphatic carbocycles. The first-order chi connectivity index (χ1) is 14.1. The van der Waals surface area contributed by atoms with Gasteiger partial charge in [-0.3, -0.25) is 9.48 Å². The van der Waals surface area contributed by atoms with Gasteiger partial charge < -0.3 is 20.1 Å². The van der Waals surface area contributed by atoms with E-state index in [-0.39, 0.29) is 12.5 Å². The number of carbonyl (C=O) groups excluding carboxylic acids is 1. The molecule has 0 aliphatic rings. The Morgan fingerprint density at radius 1 is 1.03 bits per heavy atom. The van der Waals surface area contributed by atoms with Crippen LogP contribution in [0.1, 0.15) is 18.1 Å². The van der Waals surface area contributed by atoms with Crippen molar-refractivity contribution < 1.29 is 14.3 Å². The van der Waals surface area contributed by atoms with Gasteiger partial charge in [0.1, 0.15) is 0 Å². The number of nitrogens with one attached hydrogen (secondary N) is 2. The molecular weight excluding hydrogens is 368 g/mol. The van der Waals surface area contributed by atoms with Gasteiger partial charge in [0, 0.05) is 37.6 Å². The van der Waals surface area contributed by atoms with E-state index in [0.29, 0.717) is 24.7 Å². The van der Waals surface area contributed by atoms with Crippen molar-refractivity contribution >= 4 is 11.6 Å². The number of aryl methyl sites for hydroxylation is 1. The Morgan fingerprint density at radius 2 is 1.83 bits per heavy atom. The Bertz CT molecular complexity index is 925. The Balaban J connectivity index is 1.54. The lowest BCUT2D eigenvalue weighted by Crippen LogP contribution is -2.20. The van der Waals surface area contributed by atoms with E-state index >= 15 is 0 Å². The van der Waals surface area contributed by atoms with Gasteiger partial charge >= 0.3 is 0 Å². The number of benzene rings is 2. The molecule has 0 saturated heterocycles. The second-order valence-electron chi connectivity index (χ2n) is 6.54. The van der Waals surface area contributed by atoms with E-state index in [4.69, 9.17) is 9.47 Å². The molecule has 0 fully saturated rings. The van der Waals surface area contributed by atoms with Crippen LogP contribution in [0.15, 0.2) is 60.9 Å². The van der Waals surface area contributed by atoms with Crippen molar-refractivity contribution in [2.45, 2.75) is 20.0 Å². The lowest BCUT2D eigenvalue weighted by molar-refractivity contribution is -0.118. The van der Waals surface area contributed by atoms with E-state index in [9.17, 15) is 4.79 Å². The van der Waals surface area contributed by atoms with Crippen LogP contribution < -0.4 is 20.1 Å². The smallest absolute Gasteiger partial charge is 0.262 e. The minimum Gasteiger partial charge on any atom is -0.490 e. The SMILES string of the molecule is CCOc1cc(CNCc2cnn(C)c2)ccc1OCC(=O)Nc1ccccc1. The molecule has 0 aliphatic heterocycles. The van der Waals surface area contributed by atoms with E-state index in [0.717, 1.165) is 23.4 Å². The number of anilines is 1. The first-order valence-electron chi connectivity index (χ1n) is 9.55. The van der Waals surface area contributed by atoms with Crippen LogP contribution in [0.2, 0.25) is 0 Å². The molecule has 3 rings (SSSR count). The van der Waals surface area contributed by atoms with Crippen molar-refractivity contribution in [1.82, 2.24) is 15.1 Å². The van der Waals surface area contributed by atoms with Crippen molar-refractivity contribution in [3.63, 3.8) is 0 Å². The normalized spacial score (nSPS) is 10.6. The first kappa shape index (κ1) is 20.4. The largest absolute Gasteiger partial charge is 0.490 e. The van der Waals surface area contributed by atoms with Gasteiger partial charge in [0.25, 0.3) is 5.91 Å². The molecule has 7 nitrogen and oxygen atoms in total. The van der Waals surface area contributed by atoms with Crippen molar-refractivity contribution in [3.05, 3.63) is 72.1 Å². The van der Waals surface area contributed by atoms with Gasteiger partial charge in [0.05, 0.1) is 12.8 Å². The molecule has 3 aromatic rings. The predicted molar refractivity (Wildman–Crippen MR) is 112 cm³/mol. The molecule has 7 heteroatoms. The quantitative estimate of drug-likeness (QED) is 0.552. The van der Waals surface area contributed by atoms with Gasteiger partial charge in [-0.1, -0.05) is 24.3 Å². The van der Waals surface area contributed by atoms with Crippen molar-refractivity contribution in [2.75, 3.05) is 18.5 Å². The van der Waals surface area contributed by atoms with Gasteiger partial charge in [-0.2, -0.15) is 5.10 Å². The molecule has 29 heavy (non-hydrogen) atoms. The highest BCUT2D eigenvalue weighted by Gasteiger charge is 2.10. The predicted octanol–water partition coefficient (Wildman–Crippen LogP) is 3.13. The topological polar surface area (TPSA) is 77.4 Å². The number of rotatable bonds is 10. The van der Waals surface area contributed by atoms with Crippen LogP contribution in [0.3, 0.4) is 0 Å². The highest BCUT2D eigenvalue weighted by atomic mass is 16.5. The molecular formula is C22H26N4O3. The fourth-order valence-corrected chi connectivity index (χ4v) is 2.83. The first-order valence-corrected chi connectivity index (χ1v) is 9.55. The number of carbonyl (C=O) groups is 1. The van der Waals surface area contributed by atoms with E-state index in [1.807, 2.05) is 74.9 Å². The van der Waals surface area contributed by atoms with Crippen LogP contribution in [0.4, 0.5) is 5.69 Å². The van der Waals surface area contributed by atoms with Gasteiger partial charge in [-0.15, -0.1) is 0 Å². The summed E-state index contributed by atoms with van der Waals surface area (Å²) in [7, 11) is 1.90. The summed E-state index contributed by atoms with van der Waals surface area (Å²) in [6, 6.07) is 15.0. The van der Waals surface area contributed by atoms with Gasteiger partial charge in [-0.05, 0) is 36.8 Å². The molecule has 1 aromatic heterocycles. The summed E-state index contributed by atoms with van der Waals surface area (Å²) in [5.41, 5.74) is 2.93. The summed E-state index contributed by atoms with van der Waals surface area (Å²) in [6.45, 7) is 3.76. The summed E-state index contributed by atoms with van der Waals surface area (Å²) in [4.78, 5) is 12.1. The van der Waals surface area contributed by atoms with E-state index in [2.05, 4.69) is 15.7 Å². The number of aromatic nitrogens is 2. The second-order valence-corrected chi connectivity index (χ2v) is 6.54. The highest BCUT2D eigenvalue weighted by molar-refractivity contribution is 5.91. The van der Waals surface area contributed by atoms with Crippen LogP contribution in [0, 0.1) is 0 Å². The van der Waals surface area contributed by atoms with E-state index in [1.165, 1.54) is 0 Å². The molecule has 0 unspecified atom stereocenters. The Hall–Kier alpha value is -3.32. The summed E-state index contributed by atoms with van der Waals surface area (Å²) in [5, 5.41) is 10.3. The Morgan fingerprint density at radius 3 is 2.55 bits per heavy atom. The highest BCUT2D eigenvalue weighted by Crippen LogP contribution is 2.28. The Kier molecular flexibility index (Phi) is 7.24. The van der Waals surface area contributed by atoms with Crippen molar-refractivity contribution in [2.24, 2.45) is 7.05 Å². The maximum absolute atomic E-state index is 12.1. The fourth-order valence-electron chi connectivity index (χ4n) is 2.83. The zero-order valence-electron chi connectivity index (χ0n) is 16.7. The third-order valence-corrected chi connectivity index (χ3v) is 4.14. The van der Waals surface area contributed by atoms with Crippen LogP contribution in [0.25, 0.3) is 0 Å². The third-order valence-electron chi connectivity index (χ3n) is 4.14. The fraction of sp³-hybridized carbons (Fsp3) is 0.273. The van der Waals surface area contributed by atoms with Crippen molar-refractivity contribution in [3.8, 4) is 11.5 Å². The zero-order valence-corrected chi connectivity index (χ0v) is 16.7. The molecule has 0 saturated carbocycles. The number of amides is 1. The maximum Gasteiger partial charge on any atom is 0.262 e. The molecule has 0 radical (unpaired) electrons. The number of nitrogens with zero attached hydrogens (tertiary/aromatic N) is 2. The molecule has 1 amide bonds. The van der Waals surface area contributed by atoms with Gasteiger partial charge in [0.15, 0.2) is 18.1 Å². The monoisotopic (exact) mass is 394 g/mol. The van der Waals surface area contributed by atoms with E-state index < -0.39 is 0 Å². The molecule has 1 heterocycles. The summed E-state index contributed by atoms with van der Waals surface area (Å²) in [6.07, 6.45) is 3.83. The average Bonchev–Trinajstić information content (AvgIpc) is 3.13. The Labute approximate surface area is 170 Å². The summed E-state index contributed by atoms with van der Waals surface area (Å²) in [5.74, 6) is 0.952. The van der Waals surface area contributed by atoms with Crippen molar-refractivity contribution in [1.29, 1.82) is 0 Å². The molecule has 152 valence electrons. The number of hydrogen-bond donors (Lipinski definition) is 2. The minimum atomic E-state index is -0.221. The number of para-hydroxylation sites is 1. The van der Waals surface area contributed by atoms with Crippen LogP contribution >= 0.6 is 0 Å². The number of hydrogen-bond acceptors (Lipinski definition) is 5.